The quantitative estimate of drug-likeness (QED) is 0.486. The van der Waals surface area contributed by atoms with Gasteiger partial charge in [-0.3, -0.25) is 4.98 Å². The molecule has 160 valence electrons. The zero-order chi connectivity index (χ0) is 22.1. The van der Waals surface area contributed by atoms with Crippen LogP contribution in [0.5, 0.6) is 17.4 Å². The van der Waals surface area contributed by atoms with Gasteiger partial charge in [0, 0.05) is 12.1 Å². The summed E-state index contributed by atoms with van der Waals surface area (Å²) in [5.41, 5.74) is 1.13. The fourth-order valence-electron chi connectivity index (χ4n) is 3.19. The number of rotatable bonds is 6. The van der Waals surface area contributed by atoms with Gasteiger partial charge in [-0.05, 0) is 24.6 Å². The number of aryl methyl sites for hydroxylation is 1. The van der Waals surface area contributed by atoms with E-state index in [0.29, 0.717) is 39.7 Å². The number of benzene rings is 2. The molecule has 10 heteroatoms. The highest BCUT2D eigenvalue weighted by atomic mass is 35.5. The molecule has 0 radical (unpaired) electrons. The van der Waals surface area contributed by atoms with Crippen molar-refractivity contribution in [3.8, 4) is 23.1 Å². The van der Waals surface area contributed by atoms with Crippen molar-refractivity contribution >= 4 is 22.8 Å². The summed E-state index contributed by atoms with van der Waals surface area (Å²) < 4.78 is 31.2. The van der Waals surface area contributed by atoms with Crippen molar-refractivity contribution in [3.63, 3.8) is 0 Å². The Bertz CT molecular complexity index is 1340. The summed E-state index contributed by atoms with van der Waals surface area (Å²) in [6.07, 6.45) is 0. The van der Waals surface area contributed by atoms with Crippen molar-refractivity contribution in [2.24, 2.45) is 0 Å². The SMILES string of the molecule is COc1cc(Cl)c(-n2c(=O)[nH]c3c(OC)nc(C)nc32)cc1OCc1cccc(F)c1. The van der Waals surface area contributed by atoms with Gasteiger partial charge < -0.3 is 14.2 Å². The molecule has 8 nitrogen and oxygen atoms in total. The molecular weight excluding hydrogens is 427 g/mol. The maximum atomic E-state index is 13.5. The highest BCUT2D eigenvalue weighted by molar-refractivity contribution is 6.32. The third-order valence-corrected chi connectivity index (χ3v) is 4.87. The van der Waals surface area contributed by atoms with Crippen LogP contribution >= 0.6 is 11.6 Å². The minimum Gasteiger partial charge on any atom is -0.493 e. The summed E-state index contributed by atoms with van der Waals surface area (Å²) in [6, 6.07) is 9.17. The molecule has 0 atom stereocenters. The number of nitrogens with one attached hydrogen (secondary N) is 1. The Morgan fingerprint density at radius 1 is 1.13 bits per heavy atom. The molecule has 1 N–H and O–H groups in total. The van der Waals surface area contributed by atoms with Crippen LogP contribution in [0.1, 0.15) is 11.4 Å². The first-order valence-electron chi connectivity index (χ1n) is 9.19. The number of hydrogen-bond donors (Lipinski definition) is 1. The van der Waals surface area contributed by atoms with Crippen LogP contribution in [0.3, 0.4) is 0 Å². The van der Waals surface area contributed by atoms with Crippen LogP contribution < -0.4 is 19.9 Å². The number of aromatic nitrogens is 4. The zero-order valence-electron chi connectivity index (χ0n) is 16.9. The third-order valence-electron chi connectivity index (χ3n) is 4.57. The number of H-pyrrole nitrogens is 1. The number of aromatic amines is 1. The van der Waals surface area contributed by atoms with Gasteiger partial charge >= 0.3 is 5.69 Å². The second-order valence-corrected chi connectivity index (χ2v) is 7.02. The van der Waals surface area contributed by atoms with Crippen molar-refractivity contribution in [2.75, 3.05) is 14.2 Å². The Labute approximate surface area is 181 Å². The minimum atomic E-state index is -0.476. The standard InChI is InChI=1S/C21H18ClFN4O4/c1-11-24-19-18(20(25-11)30-3)26-21(28)27(19)15-9-17(16(29-2)8-14(15)22)31-10-12-5-4-6-13(23)7-12/h4-9H,10H2,1-3H3,(H,26,28). The number of hydrogen-bond acceptors (Lipinski definition) is 6. The predicted octanol–water partition coefficient (Wildman–Crippen LogP) is 3.81. The maximum absolute atomic E-state index is 13.5. The lowest BCUT2D eigenvalue weighted by atomic mass is 10.2. The number of nitrogens with zero attached hydrogens (tertiary/aromatic N) is 3. The summed E-state index contributed by atoms with van der Waals surface area (Å²) >= 11 is 6.46. The molecule has 0 aliphatic heterocycles. The van der Waals surface area contributed by atoms with Crippen LogP contribution in [0, 0.1) is 12.7 Å². The van der Waals surface area contributed by atoms with E-state index in [9.17, 15) is 9.18 Å². The van der Waals surface area contributed by atoms with E-state index in [-0.39, 0.29) is 23.3 Å². The first-order chi connectivity index (χ1) is 14.9. The highest BCUT2D eigenvalue weighted by Crippen LogP contribution is 2.36. The fraction of sp³-hybridized carbons (Fsp3) is 0.190. The number of imidazole rings is 1. The van der Waals surface area contributed by atoms with Crippen LogP contribution in [0.15, 0.2) is 41.2 Å². The van der Waals surface area contributed by atoms with Crippen LogP contribution in [-0.4, -0.2) is 33.7 Å². The van der Waals surface area contributed by atoms with Crippen molar-refractivity contribution in [3.05, 3.63) is 69.1 Å². The molecule has 0 amide bonds. The van der Waals surface area contributed by atoms with Crippen LogP contribution in [0.2, 0.25) is 5.02 Å². The van der Waals surface area contributed by atoms with Crippen LogP contribution in [-0.2, 0) is 6.61 Å². The van der Waals surface area contributed by atoms with E-state index < -0.39 is 5.69 Å². The number of ether oxygens (including phenoxy) is 3. The molecule has 2 aromatic heterocycles. The maximum Gasteiger partial charge on any atom is 0.332 e. The average Bonchev–Trinajstić information content (AvgIpc) is 3.07. The van der Waals surface area contributed by atoms with Crippen molar-refractivity contribution < 1.29 is 18.6 Å². The second-order valence-electron chi connectivity index (χ2n) is 6.62. The lowest BCUT2D eigenvalue weighted by molar-refractivity contribution is 0.284. The molecule has 2 heterocycles. The molecular formula is C21H18ClFN4O4. The molecule has 0 bridgehead atoms. The fourth-order valence-corrected chi connectivity index (χ4v) is 3.43. The van der Waals surface area contributed by atoms with E-state index in [1.807, 2.05) is 0 Å². The Hall–Kier alpha value is -3.59. The molecule has 31 heavy (non-hydrogen) atoms. The smallest absolute Gasteiger partial charge is 0.332 e. The summed E-state index contributed by atoms with van der Waals surface area (Å²) in [6.45, 7) is 1.78. The number of fused-ring (bicyclic) bond motifs is 1. The third kappa shape index (κ3) is 3.91. The van der Waals surface area contributed by atoms with Gasteiger partial charge in [-0.1, -0.05) is 23.7 Å². The monoisotopic (exact) mass is 444 g/mol. The second kappa shape index (κ2) is 8.27. The van der Waals surface area contributed by atoms with Gasteiger partial charge in [-0.2, -0.15) is 4.98 Å². The largest absolute Gasteiger partial charge is 0.493 e. The van der Waals surface area contributed by atoms with Gasteiger partial charge in [0.25, 0.3) is 0 Å². The van der Waals surface area contributed by atoms with Crippen LogP contribution in [0.4, 0.5) is 4.39 Å². The van der Waals surface area contributed by atoms with Gasteiger partial charge in [0.05, 0.1) is 24.9 Å². The van der Waals surface area contributed by atoms with Gasteiger partial charge in [0.2, 0.25) is 5.88 Å². The van der Waals surface area contributed by atoms with Crippen molar-refractivity contribution in [1.82, 2.24) is 19.5 Å². The van der Waals surface area contributed by atoms with Gasteiger partial charge in [0.15, 0.2) is 17.1 Å². The lowest BCUT2D eigenvalue weighted by Gasteiger charge is -2.14. The summed E-state index contributed by atoms with van der Waals surface area (Å²) in [5, 5.41) is 0.244. The summed E-state index contributed by atoms with van der Waals surface area (Å²) in [5.74, 6) is 0.987. The van der Waals surface area contributed by atoms with E-state index in [1.54, 1.807) is 25.1 Å². The Morgan fingerprint density at radius 3 is 2.65 bits per heavy atom. The molecule has 0 aliphatic rings. The Morgan fingerprint density at radius 2 is 1.94 bits per heavy atom. The highest BCUT2D eigenvalue weighted by Gasteiger charge is 2.20. The molecule has 2 aromatic carbocycles. The molecule has 4 aromatic rings. The molecule has 0 fully saturated rings. The topological polar surface area (TPSA) is 91.3 Å². The lowest BCUT2D eigenvalue weighted by Crippen LogP contribution is -2.16. The Kier molecular flexibility index (Phi) is 5.51. The van der Waals surface area contributed by atoms with Gasteiger partial charge in [0.1, 0.15) is 23.8 Å². The molecule has 0 saturated heterocycles. The average molecular weight is 445 g/mol. The van der Waals surface area contributed by atoms with Crippen molar-refractivity contribution in [1.29, 1.82) is 0 Å². The minimum absolute atomic E-state index is 0.0904. The number of halogens is 2. The van der Waals surface area contributed by atoms with E-state index in [0.717, 1.165) is 0 Å². The molecule has 4 rings (SSSR count). The van der Waals surface area contributed by atoms with Crippen LogP contribution in [0.25, 0.3) is 16.9 Å². The molecule has 0 spiro atoms. The summed E-state index contributed by atoms with van der Waals surface area (Å²) in [7, 11) is 2.93. The van der Waals surface area contributed by atoms with E-state index in [2.05, 4.69) is 15.0 Å². The predicted molar refractivity (Wildman–Crippen MR) is 113 cm³/mol. The molecule has 0 aliphatic carbocycles. The normalized spacial score (nSPS) is 11.0. The zero-order valence-corrected chi connectivity index (χ0v) is 17.7. The van der Waals surface area contributed by atoms with E-state index in [4.69, 9.17) is 25.8 Å². The van der Waals surface area contributed by atoms with E-state index >= 15 is 0 Å². The number of methoxy groups -OCH3 is 2. The first kappa shape index (κ1) is 20.7. The van der Waals surface area contributed by atoms with Gasteiger partial charge in [-0.15, -0.1) is 0 Å². The Balaban J connectivity index is 1.83. The summed E-state index contributed by atoms with van der Waals surface area (Å²) in [4.78, 5) is 24.0. The van der Waals surface area contributed by atoms with Gasteiger partial charge in [-0.25, -0.2) is 18.7 Å². The van der Waals surface area contributed by atoms with Crippen molar-refractivity contribution in [2.45, 2.75) is 13.5 Å². The van der Waals surface area contributed by atoms with E-state index in [1.165, 1.54) is 37.0 Å². The molecule has 0 unspecified atom stereocenters. The molecule has 0 saturated carbocycles. The first-order valence-corrected chi connectivity index (χ1v) is 9.57.